The highest BCUT2D eigenvalue weighted by Crippen LogP contribution is 2.30. The van der Waals surface area contributed by atoms with Gasteiger partial charge in [-0.25, -0.2) is 0 Å². The van der Waals surface area contributed by atoms with Gasteiger partial charge in [-0.2, -0.15) is 0 Å². The van der Waals surface area contributed by atoms with E-state index in [2.05, 4.69) is 21.2 Å². The second-order valence-electron chi connectivity index (χ2n) is 3.70. The molecule has 1 aliphatic heterocycles. The Balaban J connectivity index is 2.04. The molecule has 2 unspecified atom stereocenters. The first-order valence-electron chi connectivity index (χ1n) is 4.89. The van der Waals surface area contributed by atoms with Crippen molar-refractivity contribution < 1.29 is 9.52 Å². The molecule has 2 heterocycles. The smallest absolute Gasteiger partial charge is 0.169 e. The van der Waals surface area contributed by atoms with Gasteiger partial charge in [0.1, 0.15) is 5.76 Å². The van der Waals surface area contributed by atoms with E-state index in [1.165, 1.54) is 0 Å². The zero-order valence-corrected chi connectivity index (χ0v) is 9.46. The van der Waals surface area contributed by atoms with E-state index in [9.17, 15) is 0 Å². The Morgan fingerprint density at radius 1 is 1.57 bits per heavy atom. The maximum absolute atomic E-state index is 9.06. The number of halogens is 1. The summed E-state index contributed by atoms with van der Waals surface area (Å²) in [6.45, 7) is 1.16. The maximum atomic E-state index is 9.06. The minimum Gasteiger partial charge on any atom is -0.454 e. The highest BCUT2D eigenvalue weighted by Gasteiger charge is 2.24. The third kappa shape index (κ3) is 2.19. The lowest BCUT2D eigenvalue weighted by Crippen LogP contribution is -2.39. The van der Waals surface area contributed by atoms with Gasteiger partial charge in [0.25, 0.3) is 0 Å². The molecule has 1 saturated heterocycles. The third-order valence-corrected chi connectivity index (χ3v) is 3.14. The Bertz CT molecular complexity index is 300. The van der Waals surface area contributed by atoms with Crippen molar-refractivity contribution in [2.45, 2.75) is 24.8 Å². The molecule has 1 aromatic heterocycles. The first kappa shape index (κ1) is 10.2. The van der Waals surface area contributed by atoms with Crippen molar-refractivity contribution in [2.75, 3.05) is 13.2 Å². The summed E-state index contributed by atoms with van der Waals surface area (Å²) < 4.78 is 6.31. The van der Waals surface area contributed by atoms with E-state index in [0.717, 1.165) is 29.8 Å². The largest absolute Gasteiger partial charge is 0.454 e. The predicted molar refractivity (Wildman–Crippen MR) is 57.3 cm³/mol. The van der Waals surface area contributed by atoms with Crippen LogP contribution < -0.4 is 5.32 Å². The monoisotopic (exact) mass is 259 g/mol. The van der Waals surface area contributed by atoms with Crippen LogP contribution in [0.2, 0.25) is 0 Å². The Morgan fingerprint density at radius 2 is 2.43 bits per heavy atom. The number of hydrogen-bond acceptors (Lipinski definition) is 3. The molecule has 0 spiro atoms. The molecule has 0 radical (unpaired) electrons. The van der Waals surface area contributed by atoms with Crippen LogP contribution in [0.3, 0.4) is 0 Å². The van der Waals surface area contributed by atoms with Crippen LogP contribution in [0.1, 0.15) is 24.5 Å². The molecule has 0 bridgehead atoms. The molecule has 2 atom stereocenters. The fourth-order valence-electron chi connectivity index (χ4n) is 1.95. The van der Waals surface area contributed by atoms with E-state index in [1.54, 1.807) is 0 Å². The highest BCUT2D eigenvalue weighted by molar-refractivity contribution is 9.10. The summed E-state index contributed by atoms with van der Waals surface area (Å²) in [7, 11) is 0. The van der Waals surface area contributed by atoms with Gasteiger partial charge in [-0.15, -0.1) is 0 Å². The second kappa shape index (κ2) is 4.47. The van der Waals surface area contributed by atoms with Crippen LogP contribution in [0.5, 0.6) is 0 Å². The Hall–Kier alpha value is -0.320. The van der Waals surface area contributed by atoms with Gasteiger partial charge < -0.3 is 14.8 Å². The fourth-order valence-corrected chi connectivity index (χ4v) is 2.27. The molecule has 2 rings (SSSR count). The first-order chi connectivity index (χ1) is 6.79. The van der Waals surface area contributed by atoms with Gasteiger partial charge in [-0.05, 0) is 47.4 Å². The summed E-state index contributed by atoms with van der Waals surface area (Å²) in [4.78, 5) is 0. The second-order valence-corrected chi connectivity index (χ2v) is 4.48. The molecule has 0 saturated carbocycles. The van der Waals surface area contributed by atoms with E-state index in [1.807, 2.05) is 12.1 Å². The van der Waals surface area contributed by atoms with Crippen LogP contribution in [-0.2, 0) is 0 Å². The molecule has 4 heteroatoms. The summed E-state index contributed by atoms with van der Waals surface area (Å²) in [6, 6.07) is 4.15. The zero-order valence-electron chi connectivity index (χ0n) is 7.87. The van der Waals surface area contributed by atoms with Gasteiger partial charge in [0.2, 0.25) is 0 Å². The summed E-state index contributed by atoms with van der Waals surface area (Å²) in [5.74, 6) is 1.47. The quantitative estimate of drug-likeness (QED) is 0.853. The van der Waals surface area contributed by atoms with Crippen LogP contribution in [-0.4, -0.2) is 24.3 Å². The number of aliphatic hydroxyl groups excluding tert-OH is 1. The lowest BCUT2D eigenvalue weighted by molar-refractivity contribution is 0.204. The van der Waals surface area contributed by atoms with Crippen molar-refractivity contribution in [3.63, 3.8) is 0 Å². The number of piperidine rings is 1. The molecule has 0 aliphatic carbocycles. The van der Waals surface area contributed by atoms with E-state index >= 15 is 0 Å². The molecule has 0 amide bonds. The van der Waals surface area contributed by atoms with Crippen LogP contribution in [0.4, 0.5) is 0 Å². The third-order valence-electron chi connectivity index (χ3n) is 2.71. The van der Waals surface area contributed by atoms with Crippen molar-refractivity contribution >= 4 is 15.9 Å². The highest BCUT2D eigenvalue weighted by atomic mass is 79.9. The molecular formula is C10H14BrNO2. The molecule has 1 fully saturated rings. The van der Waals surface area contributed by atoms with E-state index < -0.39 is 0 Å². The van der Waals surface area contributed by atoms with Crippen molar-refractivity contribution in [2.24, 2.45) is 0 Å². The van der Waals surface area contributed by atoms with Crippen molar-refractivity contribution in [3.05, 3.63) is 22.6 Å². The summed E-state index contributed by atoms with van der Waals surface area (Å²) in [5, 5.41) is 12.3. The maximum Gasteiger partial charge on any atom is 0.169 e. The SMILES string of the molecule is OCC1CC(c2ccc(Br)o2)CCN1. The van der Waals surface area contributed by atoms with Crippen molar-refractivity contribution in [3.8, 4) is 0 Å². The molecule has 3 nitrogen and oxygen atoms in total. The summed E-state index contributed by atoms with van der Waals surface area (Å²) in [6.07, 6.45) is 2.03. The summed E-state index contributed by atoms with van der Waals surface area (Å²) in [5.41, 5.74) is 0. The zero-order chi connectivity index (χ0) is 9.97. The van der Waals surface area contributed by atoms with Crippen molar-refractivity contribution in [1.82, 2.24) is 5.32 Å². The number of hydrogen-bond donors (Lipinski definition) is 2. The van der Waals surface area contributed by atoms with Gasteiger partial charge in [0.15, 0.2) is 4.67 Å². The van der Waals surface area contributed by atoms with Crippen LogP contribution >= 0.6 is 15.9 Å². The molecule has 78 valence electrons. The molecule has 1 aromatic rings. The van der Waals surface area contributed by atoms with Gasteiger partial charge in [-0.3, -0.25) is 0 Å². The molecule has 14 heavy (non-hydrogen) atoms. The average molecular weight is 260 g/mol. The Morgan fingerprint density at radius 3 is 3.07 bits per heavy atom. The first-order valence-corrected chi connectivity index (χ1v) is 5.68. The topological polar surface area (TPSA) is 45.4 Å². The number of furan rings is 1. The lowest BCUT2D eigenvalue weighted by Gasteiger charge is -2.27. The number of aliphatic hydroxyl groups is 1. The minimum absolute atomic E-state index is 0.207. The fraction of sp³-hybridized carbons (Fsp3) is 0.600. The number of rotatable bonds is 2. The van der Waals surface area contributed by atoms with Gasteiger partial charge in [0, 0.05) is 12.0 Å². The van der Waals surface area contributed by atoms with E-state index in [4.69, 9.17) is 9.52 Å². The van der Waals surface area contributed by atoms with Crippen LogP contribution in [0.25, 0.3) is 0 Å². The van der Waals surface area contributed by atoms with Gasteiger partial charge >= 0.3 is 0 Å². The van der Waals surface area contributed by atoms with E-state index in [0.29, 0.717) is 5.92 Å². The summed E-state index contributed by atoms with van der Waals surface area (Å²) >= 11 is 3.30. The van der Waals surface area contributed by atoms with Gasteiger partial charge in [0.05, 0.1) is 6.61 Å². The minimum atomic E-state index is 0.207. The Kier molecular flexibility index (Phi) is 3.26. The predicted octanol–water partition coefficient (Wildman–Crippen LogP) is 1.87. The standard InChI is InChI=1S/C10H14BrNO2/c11-10-2-1-9(14-10)7-3-4-12-8(5-7)6-13/h1-2,7-8,12-13H,3-6H2. The normalized spacial score (nSPS) is 27.9. The molecule has 2 N–H and O–H groups in total. The average Bonchev–Trinajstić information content (AvgIpc) is 2.65. The van der Waals surface area contributed by atoms with Crippen LogP contribution in [0.15, 0.2) is 21.2 Å². The number of nitrogens with one attached hydrogen (secondary N) is 1. The molecule has 0 aromatic carbocycles. The van der Waals surface area contributed by atoms with Crippen LogP contribution in [0, 0.1) is 0 Å². The molecule has 1 aliphatic rings. The lowest BCUT2D eigenvalue weighted by atomic mass is 9.91. The Labute approximate surface area is 91.6 Å². The van der Waals surface area contributed by atoms with E-state index in [-0.39, 0.29) is 12.6 Å². The van der Waals surface area contributed by atoms with Gasteiger partial charge in [-0.1, -0.05) is 0 Å². The van der Waals surface area contributed by atoms with Crippen molar-refractivity contribution in [1.29, 1.82) is 0 Å². The molecular weight excluding hydrogens is 246 g/mol.